The zero-order valence-corrected chi connectivity index (χ0v) is 15.8. The molecule has 4 nitrogen and oxygen atoms in total. The van der Waals surface area contributed by atoms with Gasteiger partial charge in [-0.15, -0.1) is 0 Å². The van der Waals surface area contributed by atoms with Crippen molar-refractivity contribution in [2.24, 2.45) is 0 Å². The summed E-state index contributed by atoms with van der Waals surface area (Å²) in [5.41, 5.74) is 0.611. The topological polar surface area (TPSA) is 40.6 Å². The molecule has 2 amide bonds. The van der Waals surface area contributed by atoms with Crippen molar-refractivity contribution in [3.8, 4) is 0 Å². The highest BCUT2D eigenvalue weighted by Crippen LogP contribution is 2.22. The van der Waals surface area contributed by atoms with Gasteiger partial charge in [0.25, 0.3) is 11.8 Å². The van der Waals surface area contributed by atoms with E-state index in [0.29, 0.717) is 36.8 Å². The smallest absolute Gasteiger partial charge is 0.257 e. The van der Waals surface area contributed by atoms with Gasteiger partial charge in [0, 0.05) is 36.8 Å². The fourth-order valence-corrected chi connectivity index (χ4v) is 3.70. The summed E-state index contributed by atoms with van der Waals surface area (Å²) < 4.78 is 14.0. The van der Waals surface area contributed by atoms with E-state index in [4.69, 9.17) is 11.6 Å². The Hall–Kier alpha value is -2.92. The number of hydrogen-bond donors (Lipinski definition) is 0. The number of carbonyl (C=O) groups excluding carboxylic acids is 2. The van der Waals surface area contributed by atoms with Crippen molar-refractivity contribution < 1.29 is 14.0 Å². The lowest BCUT2D eigenvalue weighted by Gasteiger charge is -2.35. The summed E-state index contributed by atoms with van der Waals surface area (Å²) in [5.74, 6) is -1.06. The number of halogens is 2. The van der Waals surface area contributed by atoms with Crippen LogP contribution in [0, 0.1) is 5.82 Å². The normalized spacial score (nSPS) is 14.4. The van der Waals surface area contributed by atoms with Crippen LogP contribution in [0.5, 0.6) is 0 Å². The van der Waals surface area contributed by atoms with Crippen molar-refractivity contribution in [2.75, 3.05) is 26.2 Å². The average molecular weight is 397 g/mol. The van der Waals surface area contributed by atoms with Crippen molar-refractivity contribution in [3.05, 3.63) is 82.6 Å². The molecule has 0 spiro atoms. The van der Waals surface area contributed by atoms with Gasteiger partial charge in [0.2, 0.25) is 0 Å². The lowest BCUT2D eigenvalue weighted by molar-refractivity contribution is 0.0534. The Balaban J connectivity index is 1.49. The molecule has 3 aromatic rings. The summed E-state index contributed by atoms with van der Waals surface area (Å²) >= 11 is 5.89. The molecule has 0 N–H and O–H groups in total. The first kappa shape index (κ1) is 18.4. The zero-order valence-electron chi connectivity index (χ0n) is 15.1. The average Bonchev–Trinajstić information content (AvgIpc) is 2.74. The quantitative estimate of drug-likeness (QED) is 0.650. The van der Waals surface area contributed by atoms with Crippen LogP contribution in [0.4, 0.5) is 4.39 Å². The van der Waals surface area contributed by atoms with Crippen molar-refractivity contribution in [1.82, 2.24) is 9.80 Å². The predicted molar refractivity (Wildman–Crippen MR) is 107 cm³/mol. The molecule has 0 aliphatic carbocycles. The van der Waals surface area contributed by atoms with Crippen LogP contribution in [-0.2, 0) is 0 Å². The highest BCUT2D eigenvalue weighted by atomic mass is 35.5. The number of carbonyl (C=O) groups is 2. The Labute approximate surface area is 167 Å². The number of nitrogens with zero attached hydrogens (tertiary/aromatic N) is 2. The van der Waals surface area contributed by atoms with Gasteiger partial charge in [0.1, 0.15) is 5.82 Å². The summed E-state index contributed by atoms with van der Waals surface area (Å²) in [4.78, 5) is 28.9. The van der Waals surface area contributed by atoms with Crippen LogP contribution in [0.15, 0.2) is 60.7 Å². The minimum absolute atomic E-state index is 0.0404. The molecule has 1 fully saturated rings. The summed E-state index contributed by atoms with van der Waals surface area (Å²) in [7, 11) is 0. The Morgan fingerprint density at radius 3 is 2.11 bits per heavy atom. The molecule has 0 atom stereocenters. The predicted octanol–water partition coefficient (Wildman–Crippen LogP) is 4.23. The highest BCUT2D eigenvalue weighted by Gasteiger charge is 2.27. The second-order valence-corrected chi connectivity index (χ2v) is 7.17. The van der Waals surface area contributed by atoms with E-state index in [1.807, 2.05) is 42.5 Å². The maximum atomic E-state index is 14.0. The minimum Gasteiger partial charge on any atom is -0.335 e. The van der Waals surface area contributed by atoms with E-state index in [1.54, 1.807) is 9.80 Å². The number of fused-ring (bicyclic) bond motifs is 1. The second kappa shape index (κ2) is 7.60. The molecule has 1 aliphatic heterocycles. The van der Waals surface area contributed by atoms with E-state index in [1.165, 1.54) is 18.2 Å². The van der Waals surface area contributed by atoms with E-state index < -0.39 is 11.7 Å². The molecular formula is C22H18ClFN2O2. The first-order valence-corrected chi connectivity index (χ1v) is 9.44. The van der Waals surface area contributed by atoms with Gasteiger partial charge in [-0.2, -0.15) is 0 Å². The van der Waals surface area contributed by atoms with E-state index >= 15 is 0 Å². The van der Waals surface area contributed by atoms with Gasteiger partial charge in [-0.3, -0.25) is 9.59 Å². The third kappa shape index (κ3) is 3.45. The Bertz CT molecular complexity index is 1060. The van der Waals surface area contributed by atoms with Crippen LogP contribution in [0.1, 0.15) is 20.7 Å². The van der Waals surface area contributed by atoms with Crippen LogP contribution in [-0.4, -0.2) is 47.8 Å². The maximum Gasteiger partial charge on any atom is 0.257 e. The lowest BCUT2D eigenvalue weighted by atomic mass is 10.0. The van der Waals surface area contributed by atoms with Crippen LogP contribution in [0.25, 0.3) is 10.8 Å². The molecule has 0 saturated carbocycles. The number of piperazine rings is 1. The third-order valence-corrected chi connectivity index (χ3v) is 5.27. The largest absolute Gasteiger partial charge is 0.335 e. The molecule has 1 saturated heterocycles. The Morgan fingerprint density at radius 2 is 1.39 bits per heavy atom. The van der Waals surface area contributed by atoms with Crippen molar-refractivity contribution in [3.63, 3.8) is 0 Å². The summed E-state index contributed by atoms with van der Waals surface area (Å²) in [6.45, 7) is 1.49. The van der Waals surface area contributed by atoms with E-state index in [2.05, 4.69) is 0 Å². The second-order valence-electron chi connectivity index (χ2n) is 6.74. The number of rotatable bonds is 2. The Morgan fingerprint density at radius 1 is 0.786 bits per heavy atom. The highest BCUT2D eigenvalue weighted by molar-refractivity contribution is 6.31. The monoisotopic (exact) mass is 396 g/mol. The van der Waals surface area contributed by atoms with Gasteiger partial charge in [-0.05, 0) is 35.0 Å². The van der Waals surface area contributed by atoms with Gasteiger partial charge in [-0.25, -0.2) is 4.39 Å². The SMILES string of the molecule is O=C(c1cc(Cl)ccc1F)N1CCN(C(=O)c2cccc3ccccc23)CC1. The maximum absolute atomic E-state index is 14.0. The molecule has 0 radical (unpaired) electrons. The van der Waals surface area contributed by atoms with Gasteiger partial charge >= 0.3 is 0 Å². The van der Waals surface area contributed by atoms with E-state index in [9.17, 15) is 14.0 Å². The molecule has 4 rings (SSSR count). The van der Waals surface area contributed by atoms with Crippen LogP contribution >= 0.6 is 11.6 Å². The van der Waals surface area contributed by atoms with Crippen molar-refractivity contribution in [2.45, 2.75) is 0 Å². The standard InChI is InChI=1S/C22H18ClFN2O2/c23-16-8-9-20(24)19(14-16)22(28)26-12-10-25(11-13-26)21(27)18-7-3-5-15-4-1-2-6-17(15)18/h1-9,14H,10-13H2. The van der Waals surface area contributed by atoms with Gasteiger partial charge in [-0.1, -0.05) is 48.0 Å². The van der Waals surface area contributed by atoms with Crippen LogP contribution in [0.2, 0.25) is 5.02 Å². The van der Waals surface area contributed by atoms with Gasteiger partial charge in [0.05, 0.1) is 5.56 Å². The molecule has 1 heterocycles. The van der Waals surface area contributed by atoms with Gasteiger partial charge < -0.3 is 9.80 Å². The molecule has 142 valence electrons. The van der Waals surface area contributed by atoms with Crippen molar-refractivity contribution >= 4 is 34.2 Å². The zero-order chi connectivity index (χ0) is 19.7. The summed E-state index contributed by atoms with van der Waals surface area (Å²) in [5, 5.41) is 2.24. The summed E-state index contributed by atoms with van der Waals surface area (Å²) in [6.07, 6.45) is 0. The van der Waals surface area contributed by atoms with Crippen LogP contribution < -0.4 is 0 Å². The Kier molecular flexibility index (Phi) is 5.01. The molecule has 1 aliphatic rings. The third-order valence-electron chi connectivity index (χ3n) is 5.03. The molecule has 6 heteroatoms. The number of benzene rings is 3. The minimum atomic E-state index is -0.594. The number of hydrogen-bond acceptors (Lipinski definition) is 2. The van der Waals surface area contributed by atoms with Crippen LogP contribution in [0.3, 0.4) is 0 Å². The van der Waals surface area contributed by atoms with Crippen molar-refractivity contribution in [1.29, 1.82) is 0 Å². The van der Waals surface area contributed by atoms with E-state index in [0.717, 1.165) is 10.8 Å². The lowest BCUT2D eigenvalue weighted by Crippen LogP contribution is -2.50. The van der Waals surface area contributed by atoms with E-state index in [-0.39, 0.29) is 11.5 Å². The first-order chi connectivity index (χ1) is 13.5. The molecule has 0 bridgehead atoms. The van der Waals surface area contributed by atoms with Gasteiger partial charge in [0.15, 0.2) is 0 Å². The molecule has 0 unspecified atom stereocenters. The first-order valence-electron chi connectivity index (χ1n) is 9.06. The molecule has 0 aromatic heterocycles. The summed E-state index contributed by atoms with van der Waals surface area (Å²) in [6, 6.07) is 17.4. The molecule has 28 heavy (non-hydrogen) atoms. The molecular weight excluding hydrogens is 379 g/mol. The fraction of sp³-hybridized carbons (Fsp3) is 0.182. The fourth-order valence-electron chi connectivity index (χ4n) is 3.53. The number of amides is 2. The molecule has 3 aromatic carbocycles.